The van der Waals surface area contributed by atoms with Gasteiger partial charge in [-0.15, -0.1) is 16.4 Å². The summed E-state index contributed by atoms with van der Waals surface area (Å²) in [6.07, 6.45) is 1.92. The van der Waals surface area contributed by atoms with Crippen molar-refractivity contribution >= 4 is 33.3 Å². The van der Waals surface area contributed by atoms with Crippen LogP contribution >= 0.6 is 11.3 Å². The molecule has 30 heavy (non-hydrogen) atoms. The summed E-state index contributed by atoms with van der Waals surface area (Å²) >= 11 is 1.14. The summed E-state index contributed by atoms with van der Waals surface area (Å²) in [4.78, 5) is 12.9. The first-order chi connectivity index (χ1) is 14.3. The third kappa shape index (κ3) is 4.16. The predicted octanol–water partition coefficient (Wildman–Crippen LogP) is 3.60. The normalized spacial score (nSPS) is 17.7. The maximum absolute atomic E-state index is 13.0. The molecule has 0 bridgehead atoms. The van der Waals surface area contributed by atoms with Crippen molar-refractivity contribution in [2.75, 3.05) is 11.9 Å². The molecular formula is C20H22N4O4S2. The monoisotopic (exact) mass is 446 g/mol. The Hall–Kier alpha value is -2.56. The van der Waals surface area contributed by atoms with Gasteiger partial charge in [0.25, 0.3) is 10.0 Å². The minimum Gasteiger partial charge on any atom is -0.403 e. The molecule has 1 aliphatic rings. The molecule has 8 nitrogen and oxygen atoms in total. The lowest BCUT2D eigenvalue weighted by atomic mass is 10.0. The Labute approximate surface area is 179 Å². The number of aromatic nitrogens is 2. The maximum Gasteiger partial charge on any atom is 0.322 e. The number of carbonyl (C=O) groups is 1. The maximum atomic E-state index is 13.0. The van der Waals surface area contributed by atoms with Gasteiger partial charge in [0.2, 0.25) is 11.8 Å². The van der Waals surface area contributed by atoms with E-state index in [1.54, 1.807) is 17.5 Å². The highest BCUT2D eigenvalue weighted by Gasteiger charge is 2.38. The molecule has 1 unspecified atom stereocenters. The number of nitrogens with zero attached hydrogens (tertiary/aromatic N) is 3. The average Bonchev–Trinajstić information content (AvgIpc) is 3.40. The second-order valence-electron chi connectivity index (χ2n) is 7.34. The lowest BCUT2D eigenvalue weighted by Gasteiger charge is -2.32. The van der Waals surface area contributed by atoms with E-state index in [4.69, 9.17) is 4.42 Å². The van der Waals surface area contributed by atoms with Crippen LogP contribution < -0.4 is 5.32 Å². The fourth-order valence-electron chi connectivity index (χ4n) is 3.66. The summed E-state index contributed by atoms with van der Waals surface area (Å²) < 4.78 is 33.1. The average molecular weight is 447 g/mol. The highest BCUT2D eigenvalue weighted by molar-refractivity contribution is 7.91. The van der Waals surface area contributed by atoms with E-state index in [2.05, 4.69) is 15.5 Å². The minimum atomic E-state index is -3.73. The van der Waals surface area contributed by atoms with Gasteiger partial charge in [-0.2, -0.15) is 4.31 Å². The topological polar surface area (TPSA) is 105 Å². The van der Waals surface area contributed by atoms with Crippen molar-refractivity contribution in [2.45, 2.75) is 43.4 Å². The van der Waals surface area contributed by atoms with Crippen LogP contribution in [0.5, 0.6) is 0 Å². The smallest absolute Gasteiger partial charge is 0.322 e. The van der Waals surface area contributed by atoms with Gasteiger partial charge in [0.15, 0.2) is 0 Å². The number of sulfonamides is 1. The molecule has 1 aromatic carbocycles. The molecule has 1 amide bonds. The van der Waals surface area contributed by atoms with Crippen LogP contribution in [-0.4, -0.2) is 41.4 Å². The van der Waals surface area contributed by atoms with E-state index in [1.807, 2.05) is 32.0 Å². The number of benzene rings is 1. The second kappa shape index (κ2) is 8.29. The molecule has 3 aromatic rings. The summed E-state index contributed by atoms with van der Waals surface area (Å²) in [6.45, 7) is 4.25. The van der Waals surface area contributed by atoms with Gasteiger partial charge < -0.3 is 4.42 Å². The number of carbonyl (C=O) groups excluding carboxylic acids is 1. The third-order valence-electron chi connectivity index (χ3n) is 4.94. The van der Waals surface area contributed by atoms with Crippen LogP contribution in [0.25, 0.3) is 11.5 Å². The first-order valence-electron chi connectivity index (χ1n) is 9.63. The van der Waals surface area contributed by atoms with Gasteiger partial charge in [0.1, 0.15) is 10.3 Å². The molecule has 0 saturated carbocycles. The zero-order chi connectivity index (χ0) is 21.3. The fraction of sp³-hybridized carbons (Fsp3) is 0.350. The van der Waals surface area contributed by atoms with Crippen LogP contribution in [-0.2, 0) is 14.8 Å². The first kappa shape index (κ1) is 20.7. The number of hydrogen-bond acceptors (Lipinski definition) is 7. The van der Waals surface area contributed by atoms with Crippen LogP contribution in [0.3, 0.4) is 0 Å². The summed E-state index contributed by atoms with van der Waals surface area (Å²) in [7, 11) is -3.73. The van der Waals surface area contributed by atoms with Crippen molar-refractivity contribution in [3.8, 4) is 11.5 Å². The molecule has 1 atom stereocenters. The zero-order valence-electron chi connectivity index (χ0n) is 16.7. The van der Waals surface area contributed by atoms with Crippen LogP contribution in [0, 0.1) is 13.8 Å². The number of aryl methyl sites for hydroxylation is 2. The van der Waals surface area contributed by atoms with Gasteiger partial charge in [-0.3, -0.25) is 10.1 Å². The third-order valence-corrected chi connectivity index (χ3v) is 8.22. The lowest BCUT2D eigenvalue weighted by Crippen LogP contribution is -2.49. The number of piperidine rings is 1. The standard InChI is InChI=1S/C20H22N4O4S2/c1-13-10-14(2)12-15(11-13)19-22-23-20(28-19)21-18(25)16-6-3-4-8-24(16)30(26,27)17-7-5-9-29-17/h5,7,9-12,16H,3-4,6,8H2,1-2H3,(H,21,23,25). The summed E-state index contributed by atoms with van der Waals surface area (Å²) in [6, 6.07) is 8.25. The minimum absolute atomic E-state index is 0.0480. The fourth-order valence-corrected chi connectivity index (χ4v) is 6.43. The lowest BCUT2D eigenvalue weighted by molar-refractivity contribution is -0.120. The van der Waals surface area contributed by atoms with Crippen molar-refractivity contribution in [1.82, 2.24) is 14.5 Å². The Morgan fingerprint density at radius 1 is 1.20 bits per heavy atom. The summed E-state index contributed by atoms with van der Waals surface area (Å²) in [5, 5.41) is 12.2. The van der Waals surface area contributed by atoms with E-state index in [0.29, 0.717) is 25.3 Å². The van der Waals surface area contributed by atoms with Gasteiger partial charge in [-0.25, -0.2) is 8.42 Å². The van der Waals surface area contributed by atoms with Crippen molar-refractivity contribution in [1.29, 1.82) is 0 Å². The molecule has 0 spiro atoms. The highest BCUT2D eigenvalue weighted by atomic mass is 32.2. The zero-order valence-corrected chi connectivity index (χ0v) is 18.3. The number of rotatable bonds is 5. The van der Waals surface area contributed by atoms with Gasteiger partial charge >= 0.3 is 6.01 Å². The van der Waals surface area contributed by atoms with Gasteiger partial charge in [-0.05, 0) is 50.3 Å². The number of nitrogens with one attached hydrogen (secondary N) is 1. The van der Waals surface area contributed by atoms with E-state index >= 15 is 0 Å². The van der Waals surface area contributed by atoms with Crippen molar-refractivity contribution in [2.24, 2.45) is 0 Å². The number of hydrogen-bond donors (Lipinski definition) is 1. The Balaban J connectivity index is 1.53. The number of amides is 1. The van der Waals surface area contributed by atoms with Crippen LogP contribution in [0.15, 0.2) is 44.3 Å². The predicted molar refractivity (Wildman–Crippen MR) is 114 cm³/mol. The highest BCUT2D eigenvalue weighted by Crippen LogP contribution is 2.29. The first-order valence-corrected chi connectivity index (χ1v) is 11.9. The Kier molecular flexibility index (Phi) is 5.72. The number of thiophene rings is 1. The van der Waals surface area contributed by atoms with Crippen molar-refractivity contribution < 1.29 is 17.6 Å². The molecule has 2 aromatic heterocycles. The SMILES string of the molecule is Cc1cc(C)cc(-c2nnc(NC(=O)C3CCCCN3S(=O)(=O)c3cccs3)o2)c1. The van der Waals surface area contributed by atoms with Gasteiger partial charge in [0.05, 0.1) is 0 Å². The number of anilines is 1. The van der Waals surface area contributed by atoms with Crippen molar-refractivity contribution in [3.63, 3.8) is 0 Å². The van der Waals surface area contributed by atoms with Gasteiger partial charge in [0, 0.05) is 12.1 Å². The van der Waals surface area contributed by atoms with Gasteiger partial charge in [-0.1, -0.05) is 34.8 Å². The molecule has 1 aliphatic heterocycles. The van der Waals surface area contributed by atoms with E-state index in [1.165, 1.54) is 4.31 Å². The summed E-state index contributed by atoms with van der Waals surface area (Å²) in [5.41, 5.74) is 2.89. The van der Waals surface area contributed by atoms with E-state index in [-0.39, 0.29) is 10.2 Å². The Morgan fingerprint density at radius 3 is 2.67 bits per heavy atom. The Bertz CT molecular complexity index is 1140. The molecule has 0 radical (unpaired) electrons. The van der Waals surface area contributed by atoms with E-state index < -0.39 is 22.0 Å². The van der Waals surface area contributed by atoms with E-state index in [0.717, 1.165) is 34.4 Å². The van der Waals surface area contributed by atoms with Crippen LogP contribution in [0.1, 0.15) is 30.4 Å². The quantitative estimate of drug-likeness (QED) is 0.642. The summed E-state index contributed by atoms with van der Waals surface area (Å²) in [5.74, 6) is -0.172. The van der Waals surface area contributed by atoms with Crippen molar-refractivity contribution in [3.05, 3.63) is 46.8 Å². The molecule has 4 rings (SSSR count). The molecule has 1 N–H and O–H groups in total. The molecule has 0 aliphatic carbocycles. The van der Waals surface area contributed by atoms with Crippen LogP contribution in [0.4, 0.5) is 6.01 Å². The molecule has 1 fully saturated rings. The second-order valence-corrected chi connectivity index (χ2v) is 10.4. The Morgan fingerprint density at radius 2 is 1.97 bits per heavy atom. The molecule has 3 heterocycles. The van der Waals surface area contributed by atoms with E-state index in [9.17, 15) is 13.2 Å². The molecule has 158 valence electrons. The molecular weight excluding hydrogens is 424 g/mol. The molecule has 10 heteroatoms. The largest absolute Gasteiger partial charge is 0.403 e. The molecule has 1 saturated heterocycles. The van der Waals surface area contributed by atoms with Crippen LogP contribution in [0.2, 0.25) is 0 Å².